The third kappa shape index (κ3) is 2.93. The van der Waals surface area contributed by atoms with Crippen LogP contribution in [-0.4, -0.2) is 18.1 Å². The molecule has 5 nitrogen and oxygen atoms in total. The van der Waals surface area contributed by atoms with Crippen molar-refractivity contribution in [1.29, 1.82) is 0 Å². The van der Waals surface area contributed by atoms with Gasteiger partial charge in [-0.05, 0) is 6.07 Å². The predicted octanol–water partition coefficient (Wildman–Crippen LogP) is -3.28. The number of rotatable bonds is 1. The zero-order valence-electron chi connectivity index (χ0n) is 6.76. The van der Waals surface area contributed by atoms with Gasteiger partial charge in [0.05, 0.1) is 4.90 Å². The summed E-state index contributed by atoms with van der Waals surface area (Å²) in [5.41, 5.74) is 0. The fourth-order valence-corrected chi connectivity index (χ4v) is 1.16. The van der Waals surface area contributed by atoms with Crippen molar-refractivity contribution in [3.05, 3.63) is 18.2 Å². The van der Waals surface area contributed by atoms with Crippen LogP contribution in [0.25, 0.3) is 0 Å². The summed E-state index contributed by atoms with van der Waals surface area (Å²) in [6, 6.07) is 2.47. The van der Waals surface area contributed by atoms with Crippen LogP contribution in [0.5, 0.6) is 11.5 Å². The molecule has 0 spiro atoms. The van der Waals surface area contributed by atoms with E-state index in [-0.39, 0.29) is 18.9 Å². The van der Waals surface area contributed by atoms with Gasteiger partial charge in [0.2, 0.25) is 0 Å². The summed E-state index contributed by atoms with van der Waals surface area (Å²) in [5.74, 6) is -1.40. The van der Waals surface area contributed by atoms with Crippen LogP contribution in [-0.2, 0) is 10.1 Å². The topological polar surface area (TPSA) is 97.7 Å². The molecule has 0 aliphatic heterocycles. The average Bonchev–Trinajstić information content (AvgIpc) is 1.92. The Bertz CT molecular complexity index is 399. The minimum atomic E-state index is -4.34. The largest absolute Gasteiger partial charge is 1.00 e. The van der Waals surface area contributed by atoms with E-state index in [0.717, 1.165) is 12.1 Å². The molecule has 1 aromatic rings. The molecule has 0 fully saturated rings. The molecule has 2 N–H and O–H groups in total. The molecule has 0 atom stereocenters. The van der Waals surface area contributed by atoms with Crippen LogP contribution >= 0.6 is 0 Å². The minimum absolute atomic E-state index is 0. The number of phenols is 1. The van der Waals surface area contributed by atoms with E-state index in [9.17, 15) is 13.5 Å². The first-order chi connectivity index (χ1) is 5.41. The first-order valence-corrected chi connectivity index (χ1v) is 4.33. The van der Waals surface area contributed by atoms with Gasteiger partial charge in [-0.25, -0.2) is 0 Å². The number of benzene rings is 1. The Morgan fingerprint density at radius 3 is 2.23 bits per heavy atom. The fraction of sp³-hybridized carbons (Fsp3) is 0. The summed E-state index contributed by atoms with van der Waals surface area (Å²) >= 11 is 0. The molecule has 0 saturated heterocycles. The Balaban J connectivity index is 0.00000144. The van der Waals surface area contributed by atoms with Gasteiger partial charge in [0.15, 0.2) is 0 Å². The SMILES string of the molecule is O=S(=O)(O)c1ccc([O-])c(O)c1.[Li+]. The maximum atomic E-state index is 10.6. The van der Waals surface area contributed by atoms with Crippen LogP contribution in [0.15, 0.2) is 23.1 Å². The van der Waals surface area contributed by atoms with Crippen LogP contribution in [0, 0.1) is 0 Å². The molecule has 0 bridgehead atoms. The van der Waals surface area contributed by atoms with Crippen molar-refractivity contribution in [1.82, 2.24) is 0 Å². The van der Waals surface area contributed by atoms with Gasteiger partial charge in [-0.3, -0.25) is 4.55 Å². The van der Waals surface area contributed by atoms with Crippen molar-refractivity contribution in [2.24, 2.45) is 0 Å². The quantitative estimate of drug-likeness (QED) is 0.362. The number of aromatic hydroxyl groups is 1. The van der Waals surface area contributed by atoms with Crippen molar-refractivity contribution in [3.63, 3.8) is 0 Å². The molecule has 66 valence electrons. The molecule has 0 aromatic heterocycles. The molecule has 0 saturated carbocycles. The number of phenolic OH excluding ortho intramolecular Hbond substituents is 1. The van der Waals surface area contributed by atoms with Gasteiger partial charge in [0.25, 0.3) is 10.1 Å². The normalized spacial score (nSPS) is 10.5. The molecule has 0 aliphatic carbocycles. The molecule has 7 heteroatoms. The molecule has 1 aromatic carbocycles. The number of hydrogen-bond acceptors (Lipinski definition) is 4. The van der Waals surface area contributed by atoms with E-state index >= 15 is 0 Å². The average molecular weight is 196 g/mol. The summed E-state index contributed by atoms with van der Waals surface area (Å²) in [7, 11) is -4.34. The summed E-state index contributed by atoms with van der Waals surface area (Å²) in [4.78, 5) is -0.500. The Hall–Kier alpha value is -0.673. The second kappa shape index (κ2) is 4.02. The van der Waals surface area contributed by atoms with E-state index in [2.05, 4.69) is 0 Å². The van der Waals surface area contributed by atoms with Crippen LogP contribution < -0.4 is 24.0 Å². The molecule has 1 rings (SSSR count). The van der Waals surface area contributed by atoms with Crippen LogP contribution in [0.2, 0.25) is 0 Å². The van der Waals surface area contributed by atoms with E-state index in [0.29, 0.717) is 6.07 Å². The van der Waals surface area contributed by atoms with Crippen molar-refractivity contribution in [3.8, 4) is 11.5 Å². The molecule has 0 aliphatic rings. The predicted molar refractivity (Wildman–Crippen MR) is 37.4 cm³/mol. The molecular weight excluding hydrogens is 191 g/mol. The second-order valence-corrected chi connectivity index (χ2v) is 3.53. The minimum Gasteiger partial charge on any atom is -0.870 e. The van der Waals surface area contributed by atoms with Gasteiger partial charge in [-0.15, -0.1) is 0 Å². The van der Waals surface area contributed by atoms with E-state index in [4.69, 9.17) is 9.66 Å². The Labute approximate surface area is 86.9 Å². The van der Waals surface area contributed by atoms with E-state index in [1.54, 1.807) is 0 Å². The van der Waals surface area contributed by atoms with Crippen molar-refractivity contribution < 1.29 is 42.0 Å². The zero-order valence-corrected chi connectivity index (χ0v) is 7.58. The summed E-state index contributed by atoms with van der Waals surface area (Å²) in [6.45, 7) is 0. The van der Waals surface area contributed by atoms with Crippen molar-refractivity contribution in [2.75, 3.05) is 0 Å². The van der Waals surface area contributed by atoms with Crippen molar-refractivity contribution >= 4 is 10.1 Å². The fourth-order valence-electron chi connectivity index (χ4n) is 0.658. The molecule has 13 heavy (non-hydrogen) atoms. The van der Waals surface area contributed by atoms with Crippen LogP contribution in [0.3, 0.4) is 0 Å². The maximum Gasteiger partial charge on any atom is 1.00 e. The first-order valence-electron chi connectivity index (χ1n) is 2.89. The van der Waals surface area contributed by atoms with E-state index in [1.165, 1.54) is 0 Å². The molecular formula is C6H5LiO5S. The van der Waals surface area contributed by atoms with Gasteiger partial charge in [0.1, 0.15) is 5.75 Å². The third-order valence-corrected chi connectivity index (χ3v) is 2.08. The second-order valence-electron chi connectivity index (χ2n) is 2.10. The maximum absolute atomic E-state index is 10.6. The molecule has 0 radical (unpaired) electrons. The monoisotopic (exact) mass is 196 g/mol. The Morgan fingerprint density at radius 1 is 1.31 bits per heavy atom. The smallest absolute Gasteiger partial charge is 0.870 e. The standard InChI is InChI=1S/C6H6O5S.Li/c7-5-2-1-4(3-6(5)8)12(9,10)11;/h1-3,7-8H,(H,9,10,11);/q;+1/p-1. The molecule has 0 amide bonds. The van der Waals surface area contributed by atoms with Gasteiger partial charge in [-0.1, -0.05) is 11.8 Å². The third-order valence-electron chi connectivity index (χ3n) is 1.23. The van der Waals surface area contributed by atoms with E-state index < -0.39 is 26.5 Å². The molecule has 0 unspecified atom stereocenters. The Morgan fingerprint density at radius 2 is 1.85 bits per heavy atom. The summed E-state index contributed by atoms with van der Waals surface area (Å²) < 4.78 is 29.3. The first kappa shape index (κ1) is 12.3. The Kier molecular flexibility index (Phi) is 3.82. The van der Waals surface area contributed by atoms with Gasteiger partial charge in [-0.2, -0.15) is 8.42 Å². The van der Waals surface area contributed by atoms with Gasteiger partial charge in [0, 0.05) is 6.07 Å². The summed E-state index contributed by atoms with van der Waals surface area (Å²) in [6.07, 6.45) is 0. The molecule has 0 heterocycles. The van der Waals surface area contributed by atoms with Gasteiger partial charge >= 0.3 is 18.9 Å². The van der Waals surface area contributed by atoms with Crippen LogP contribution in [0.1, 0.15) is 0 Å². The zero-order chi connectivity index (χ0) is 9.35. The van der Waals surface area contributed by atoms with Crippen molar-refractivity contribution in [2.45, 2.75) is 4.90 Å². The van der Waals surface area contributed by atoms with Crippen LogP contribution in [0.4, 0.5) is 0 Å². The summed E-state index contributed by atoms with van der Waals surface area (Å²) in [5, 5.41) is 19.3. The number of hydrogen-bond donors (Lipinski definition) is 2. The van der Waals surface area contributed by atoms with E-state index in [1.807, 2.05) is 0 Å². The van der Waals surface area contributed by atoms with Gasteiger partial charge < -0.3 is 10.2 Å².